The number of fused-ring (bicyclic) bond motifs is 11. The van der Waals surface area contributed by atoms with Crippen LogP contribution in [0.2, 0.25) is 0 Å². The molecule has 1 N–H and O–H groups in total. The van der Waals surface area contributed by atoms with Crippen molar-refractivity contribution < 1.29 is 0 Å². The van der Waals surface area contributed by atoms with Gasteiger partial charge in [0.05, 0.1) is 23.1 Å². The molecule has 1 aromatic heterocycles. The Morgan fingerprint density at radius 2 is 1.45 bits per heavy atom. The highest BCUT2D eigenvalue weighted by molar-refractivity contribution is 6.10. The largest absolute Gasteiger partial charge is 0.305 e. The molecule has 280 valence electrons. The molecule has 9 unspecified atom stereocenters. The van der Waals surface area contributed by atoms with Gasteiger partial charge in [0.2, 0.25) is 0 Å². The van der Waals surface area contributed by atoms with Crippen molar-refractivity contribution >= 4 is 11.4 Å². The molecule has 7 aliphatic carbocycles. The summed E-state index contributed by atoms with van der Waals surface area (Å²) in [4.78, 5) is 10.6. The Morgan fingerprint density at radius 3 is 2.34 bits per heavy atom. The molecule has 0 bridgehead atoms. The van der Waals surface area contributed by atoms with Crippen LogP contribution in [0.1, 0.15) is 71.0 Å². The number of benzene rings is 3. The number of nitrogens with one attached hydrogen (secondary N) is 1. The van der Waals surface area contributed by atoms with E-state index >= 15 is 0 Å². The summed E-state index contributed by atoms with van der Waals surface area (Å²) in [6.45, 7) is 0.922. The highest BCUT2D eigenvalue weighted by Gasteiger charge is 2.47. The number of hydrogen-bond acceptors (Lipinski definition) is 3. The number of allylic oxidation sites excluding steroid dienone is 16. The number of aromatic nitrogens is 1. The second-order valence-electron chi connectivity index (χ2n) is 17.8. The Balaban J connectivity index is 0.863. The van der Waals surface area contributed by atoms with Gasteiger partial charge < -0.3 is 5.32 Å². The summed E-state index contributed by atoms with van der Waals surface area (Å²) in [7, 11) is 0. The second-order valence-corrected chi connectivity index (χ2v) is 17.8. The summed E-state index contributed by atoms with van der Waals surface area (Å²) in [5.41, 5.74) is 20.8. The number of hydrogen-bond donors (Lipinski definition) is 1. The van der Waals surface area contributed by atoms with E-state index in [9.17, 15) is 0 Å². The zero-order valence-corrected chi connectivity index (χ0v) is 32.5. The lowest BCUT2D eigenvalue weighted by atomic mass is 9.56. The maximum atomic E-state index is 5.60. The van der Waals surface area contributed by atoms with Gasteiger partial charge in [-0.15, -0.1) is 0 Å². The van der Waals surface area contributed by atoms with Crippen LogP contribution >= 0.6 is 0 Å². The summed E-state index contributed by atoms with van der Waals surface area (Å²) in [5, 5.41) is 3.77. The fourth-order valence-corrected chi connectivity index (χ4v) is 12.7. The number of aliphatic imine (C=N–C) groups is 1. The van der Waals surface area contributed by atoms with Crippen molar-refractivity contribution in [1.29, 1.82) is 0 Å². The minimum Gasteiger partial charge on any atom is -0.305 e. The first-order valence-corrected chi connectivity index (χ1v) is 21.6. The first-order valence-electron chi connectivity index (χ1n) is 21.6. The van der Waals surface area contributed by atoms with Gasteiger partial charge in [-0.2, -0.15) is 0 Å². The molecule has 3 heterocycles. The van der Waals surface area contributed by atoms with E-state index in [1.165, 1.54) is 67.1 Å². The molecule has 58 heavy (non-hydrogen) atoms. The predicted octanol–water partition coefficient (Wildman–Crippen LogP) is 12.1. The van der Waals surface area contributed by atoms with Gasteiger partial charge >= 0.3 is 0 Å². The lowest BCUT2D eigenvalue weighted by Gasteiger charge is -2.48. The van der Waals surface area contributed by atoms with Crippen molar-refractivity contribution in [2.45, 2.75) is 43.1 Å². The van der Waals surface area contributed by atoms with Crippen LogP contribution in [0.15, 0.2) is 202 Å². The Hall–Kier alpha value is -5.90. The maximum Gasteiger partial charge on any atom is 0.0671 e. The monoisotopic (exact) mass is 747 g/mol. The van der Waals surface area contributed by atoms with Gasteiger partial charge in [-0.05, 0) is 110 Å². The van der Waals surface area contributed by atoms with Crippen molar-refractivity contribution in [2.75, 3.05) is 6.54 Å². The van der Waals surface area contributed by atoms with E-state index in [2.05, 4.69) is 163 Å². The van der Waals surface area contributed by atoms with Crippen LogP contribution in [0.4, 0.5) is 5.69 Å². The molecule has 0 saturated carbocycles. The number of para-hydroxylation sites is 1. The maximum absolute atomic E-state index is 5.60. The van der Waals surface area contributed by atoms with E-state index in [1.807, 2.05) is 6.20 Å². The first kappa shape index (κ1) is 33.1. The predicted molar refractivity (Wildman–Crippen MR) is 235 cm³/mol. The van der Waals surface area contributed by atoms with E-state index in [-0.39, 0.29) is 17.8 Å². The molecule has 0 spiro atoms. The Labute approximate surface area is 341 Å². The van der Waals surface area contributed by atoms with Gasteiger partial charge in [-0.3, -0.25) is 9.98 Å². The summed E-state index contributed by atoms with van der Waals surface area (Å²) in [6, 6.07) is 31.9. The van der Waals surface area contributed by atoms with Gasteiger partial charge in [0.25, 0.3) is 0 Å². The Bertz CT molecular complexity index is 2780. The van der Waals surface area contributed by atoms with Gasteiger partial charge in [-0.25, -0.2) is 0 Å². The minimum atomic E-state index is 0.164. The van der Waals surface area contributed by atoms with E-state index in [0.717, 1.165) is 31.5 Å². The van der Waals surface area contributed by atoms with Crippen LogP contribution in [0, 0.1) is 29.6 Å². The molecular weight excluding hydrogens is 703 g/mol. The minimum absolute atomic E-state index is 0.164. The fourth-order valence-electron chi connectivity index (χ4n) is 12.7. The van der Waals surface area contributed by atoms with Crippen molar-refractivity contribution in [1.82, 2.24) is 10.3 Å². The van der Waals surface area contributed by atoms with Crippen LogP contribution in [-0.4, -0.2) is 17.2 Å². The molecule has 0 saturated heterocycles. The number of nitrogens with zero attached hydrogens (tertiary/aromatic N) is 2. The van der Waals surface area contributed by atoms with E-state index in [0.29, 0.717) is 35.6 Å². The van der Waals surface area contributed by atoms with Crippen molar-refractivity contribution in [3.63, 3.8) is 0 Å². The third-order valence-corrected chi connectivity index (χ3v) is 15.1. The van der Waals surface area contributed by atoms with E-state index in [4.69, 9.17) is 9.98 Å². The Morgan fingerprint density at radius 1 is 0.638 bits per heavy atom. The zero-order chi connectivity index (χ0) is 37.9. The van der Waals surface area contributed by atoms with Crippen molar-refractivity contribution in [3.05, 3.63) is 225 Å². The summed E-state index contributed by atoms with van der Waals surface area (Å²) in [6.07, 6.45) is 34.6. The molecule has 0 radical (unpaired) electrons. The third-order valence-electron chi connectivity index (χ3n) is 15.1. The smallest absolute Gasteiger partial charge is 0.0671 e. The summed E-state index contributed by atoms with van der Waals surface area (Å²) < 4.78 is 0. The number of pyridine rings is 1. The third kappa shape index (κ3) is 4.77. The second kappa shape index (κ2) is 12.8. The average molecular weight is 748 g/mol. The lowest BCUT2D eigenvalue weighted by molar-refractivity contribution is 0.326. The Kier molecular flexibility index (Phi) is 7.31. The molecule has 4 aromatic rings. The molecule has 9 aliphatic rings. The molecule has 0 amide bonds. The molecule has 3 nitrogen and oxygen atoms in total. The summed E-state index contributed by atoms with van der Waals surface area (Å²) >= 11 is 0. The topological polar surface area (TPSA) is 37.3 Å². The quantitative estimate of drug-likeness (QED) is 0.212. The molecule has 0 fully saturated rings. The van der Waals surface area contributed by atoms with Gasteiger partial charge in [0.1, 0.15) is 0 Å². The fraction of sp³-hybridized carbons (Fsp3) is 0.236. The van der Waals surface area contributed by atoms with Gasteiger partial charge in [0.15, 0.2) is 0 Å². The molecule has 2 aliphatic heterocycles. The standard InChI is InChI=1S/C55H45N3/c1-3-15-41-38(13-1)39-14-2-4-16-42(39)52-51(41)46-17-5-6-19-48(46)58-53(52)35-11-7-10-34(30-35)37-24-20-32-23-27-44-40(25-21-33-22-26-43(37)49(32)50(33)44)47-31-36-12-8-28-56-54(36)55-45(47)18-9-29-57-55/h1-20,22-27,29,33-34,36,47,49-52,54,56H,21,28,30-31H2. The molecular formula is C55H45N3. The summed E-state index contributed by atoms with van der Waals surface area (Å²) in [5.74, 6) is 2.86. The molecule has 3 aromatic carbocycles. The SMILES string of the molecule is C1=CC(C2=C3C=CC4CC=C(C5CC6C=CCNC6c6ncccc65)C5=CC=C(C=C2)C3C54)CC(C2=Nc3ccccc3C3c4ccccc4-c4ccccc4C23)=C1. The van der Waals surface area contributed by atoms with E-state index in [1.54, 1.807) is 11.1 Å². The lowest BCUT2D eigenvalue weighted by Crippen LogP contribution is -2.39. The van der Waals surface area contributed by atoms with Gasteiger partial charge in [0, 0.05) is 48.2 Å². The van der Waals surface area contributed by atoms with Crippen molar-refractivity contribution in [3.8, 4) is 11.1 Å². The highest BCUT2D eigenvalue weighted by atomic mass is 15.0. The molecule has 3 heteroatoms. The molecule has 9 atom stereocenters. The van der Waals surface area contributed by atoms with Gasteiger partial charge in [-0.1, -0.05) is 146 Å². The van der Waals surface area contributed by atoms with Crippen LogP contribution in [0.5, 0.6) is 0 Å². The zero-order valence-electron chi connectivity index (χ0n) is 32.5. The van der Waals surface area contributed by atoms with Crippen LogP contribution in [0.3, 0.4) is 0 Å². The first-order chi connectivity index (χ1) is 28.8. The highest BCUT2D eigenvalue weighted by Crippen LogP contribution is 2.59. The number of rotatable bonds is 3. The van der Waals surface area contributed by atoms with Crippen LogP contribution in [-0.2, 0) is 0 Å². The van der Waals surface area contributed by atoms with Crippen LogP contribution < -0.4 is 5.32 Å². The average Bonchev–Trinajstić information content (AvgIpc) is 3.30. The van der Waals surface area contributed by atoms with Crippen LogP contribution in [0.25, 0.3) is 11.1 Å². The van der Waals surface area contributed by atoms with E-state index < -0.39 is 0 Å². The normalized spacial score (nSPS) is 31.4. The molecule has 13 rings (SSSR count). The van der Waals surface area contributed by atoms with Crippen molar-refractivity contribution in [2.24, 2.45) is 34.6 Å².